The molecule has 0 unspecified atom stereocenters. The van der Waals surface area contributed by atoms with Gasteiger partial charge in [0.25, 0.3) is 0 Å². The van der Waals surface area contributed by atoms with Gasteiger partial charge in [0.05, 0.1) is 25.0 Å². The molecule has 0 N–H and O–H groups in total. The lowest BCUT2D eigenvalue weighted by atomic mass is 9.96. The number of amides is 1. The molecular weight excluding hydrogens is 368 g/mol. The van der Waals surface area contributed by atoms with Gasteiger partial charge in [0.2, 0.25) is 15.9 Å². The van der Waals surface area contributed by atoms with E-state index in [1.807, 2.05) is 19.9 Å². The van der Waals surface area contributed by atoms with Crippen LogP contribution in [0.1, 0.15) is 30.9 Å². The van der Waals surface area contributed by atoms with Crippen LogP contribution in [0.3, 0.4) is 0 Å². The zero-order chi connectivity index (χ0) is 20.4. The summed E-state index contributed by atoms with van der Waals surface area (Å²) in [5, 5.41) is 0. The molecule has 0 aliphatic carbocycles. The summed E-state index contributed by atoms with van der Waals surface area (Å²) in [6, 6.07) is 4.49. The second-order valence-corrected chi connectivity index (χ2v) is 8.99. The highest BCUT2D eigenvalue weighted by Gasteiger charge is 2.35. The number of nitrogens with zero attached hydrogens (tertiary/aromatic N) is 2. The van der Waals surface area contributed by atoms with Gasteiger partial charge in [0.15, 0.2) is 0 Å². The maximum Gasteiger partial charge on any atom is 0.308 e. The van der Waals surface area contributed by atoms with E-state index in [4.69, 9.17) is 4.74 Å². The number of rotatable bonds is 5. The second-order valence-electron chi connectivity index (χ2n) is 7.13. The average Bonchev–Trinajstić information content (AvgIpc) is 2.62. The summed E-state index contributed by atoms with van der Waals surface area (Å²) in [7, 11) is -2.29. The number of sulfonamides is 1. The molecule has 0 aromatic heterocycles. The van der Waals surface area contributed by atoms with E-state index in [-0.39, 0.29) is 17.8 Å². The maximum atomic E-state index is 13.0. The van der Waals surface area contributed by atoms with E-state index in [1.165, 1.54) is 11.4 Å². The van der Waals surface area contributed by atoms with Crippen LogP contribution in [-0.2, 0) is 24.3 Å². The van der Waals surface area contributed by atoms with Crippen molar-refractivity contribution in [3.8, 4) is 0 Å². The Morgan fingerprint density at radius 3 is 2.26 bits per heavy atom. The van der Waals surface area contributed by atoms with Crippen LogP contribution in [-0.4, -0.2) is 57.7 Å². The number of methoxy groups -OCH3 is 1. The Morgan fingerprint density at radius 1 is 1.19 bits per heavy atom. The Labute approximate surface area is 161 Å². The van der Waals surface area contributed by atoms with Gasteiger partial charge in [-0.25, -0.2) is 8.42 Å². The van der Waals surface area contributed by atoms with Crippen molar-refractivity contribution < 1.29 is 22.7 Å². The van der Waals surface area contributed by atoms with Crippen LogP contribution in [0.4, 0.5) is 5.69 Å². The lowest BCUT2D eigenvalue weighted by molar-refractivity contribution is -0.149. The Hall–Kier alpha value is -2.09. The van der Waals surface area contributed by atoms with E-state index >= 15 is 0 Å². The smallest absolute Gasteiger partial charge is 0.308 e. The Bertz CT molecular complexity index is 813. The minimum atomic E-state index is -3.65. The van der Waals surface area contributed by atoms with Gasteiger partial charge >= 0.3 is 5.97 Å². The number of ether oxygens (including phenoxy) is 1. The number of carbonyl (C=O) groups excluding carboxylic acids is 2. The van der Waals surface area contributed by atoms with Crippen LogP contribution < -0.4 is 4.31 Å². The molecule has 7 nitrogen and oxygen atoms in total. The van der Waals surface area contributed by atoms with Gasteiger partial charge in [-0.1, -0.05) is 6.07 Å². The van der Waals surface area contributed by atoms with Gasteiger partial charge in [-0.3, -0.25) is 13.9 Å². The number of carbonyl (C=O) groups is 2. The molecule has 0 spiro atoms. The molecule has 8 heteroatoms. The molecule has 1 fully saturated rings. The summed E-state index contributed by atoms with van der Waals surface area (Å²) >= 11 is 0. The fourth-order valence-corrected chi connectivity index (χ4v) is 4.59. The first-order valence-electron chi connectivity index (χ1n) is 8.99. The first-order chi connectivity index (χ1) is 12.6. The molecule has 0 saturated carbocycles. The van der Waals surface area contributed by atoms with E-state index in [0.29, 0.717) is 31.6 Å². The number of benzene rings is 1. The van der Waals surface area contributed by atoms with Crippen LogP contribution in [0.5, 0.6) is 0 Å². The van der Waals surface area contributed by atoms with Crippen LogP contribution in [0.25, 0.3) is 0 Å². The number of anilines is 1. The molecule has 0 radical (unpaired) electrons. The Balaban J connectivity index is 2.21. The van der Waals surface area contributed by atoms with E-state index in [9.17, 15) is 18.0 Å². The van der Waals surface area contributed by atoms with Crippen molar-refractivity contribution in [1.29, 1.82) is 0 Å². The molecule has 1 heterocycles. The molecule has 27 heavy (non-hydrogen) atoms. The normalized spacial score (nSPS) is 16.7. The summed E-state index contributed by atoms with van der Waals surface area (Å²) in [4.78, 5) is 26.2. The monoisotopic (exact) mass is 396 g/mol. The van der Waals surface area contributed by atoms with E-state index in [2.05, 4.69) is 0 Å². The number of piperidine rings is 1. The summed E-state index contributed by atoms with van der Waals surface area (Å²) < 4.78 is 30.8. The highest BCUT2D eigenvalue weighted by atomic mass is 32.2. The molecule has 150 valence electrons. The van der Waals surface area contributed by atoms with Gasteiger partial charge < -0.3 is 9.64 Å². The van der Waals surface area contributed by atoms with Crippen molar-refractivity contribution in [3.05, 3.63) is 29.3 Å². The minimum Gasteiger partial charge on any atom is -0.469 e. The van der Waals surface area contributed by atoms with Crippen LogP contribution in [0, 0.1) is 19.8 Å². The second kappa shape index (κ2) is 8.29. The van der Waals surface area contributed by atoms with Gasteiger partial charge in [-0.15, -0.1) is 0 Å². The van der Waals surface area contributed by atoms with Gasteiger partial charge in [-0.2, -0.15) is 0 Å². The summed E-state index contributed by atoms with van der Waals surface area (Å²) in [6.45, 7) is 6.28. The van der Waals surface area contributed by atoms with Crippen LogP contribution in [0.15, 0.2) is 18.2 Å². The van der Waals surface area contributed by atoms with E-state index in [0.717, 1.165) is 17.4 Å². The third-order valence-corrected chi connectivity index (χ3v) is 6.39. The quantitative estimate of drug-likeness (QED) is 0.710. The van der Waals surface area contributed by atoms with Crippen molar-refractivity contribution in [1.82, 2.24) is 4.90 Å². The Morgan fingerprint density at radius 2 is 1.78 bits per heavy atom. The lowest BCUT2D eigenvalue weighted by Crippen LogP contribution is -2.51. The molecule has 1 amide bonds. The molecule has 1 atom stereocenters. The summed E-state index contributed by atoms with van der Waals surface area (Å²) in [5.74, 6) is -0.731. The predicted octanol–water partition coefficient (Wildman–Crippen LogP) is 1.87. The topological polar surface area (TPSA) is 84.0 Å². The molecule has 1 saturated heterocycles. The van der Waals surface area contributed by atoms with Crippen LogP contribution in [0.2, 0.25) is 0 Å². The van der Waals surface area contributed by atoms with Crippen molar-refractivity contribution in [2.24, 2.45) is 5.92 Å². The largest absolute Gasteiger partial charge is 0.469 e. The summed E-state index contributed by atoms with van der Waals surface area (Å²) in [6.07, 6.45) is 2.15. The fraction of sp³-hybridized carbons (Fsp3) is 0.579. The highest BCUT2D eigenvalue weighted by molar-refractivity contribution is 7.92. The molecule has 1 aliphatic rings. The number of hydrogen-bond acceptors (Lipinski definition) is 5. The van der Waals surface area contributed by atoms with E-state index < -0.39 is 16.1 Å². The zero-order valence-electron chi connectivity index (χ0n) is 16.6. The first-order valence-corrected chi connectivity index (χ1v) is 10.8. The highest BCUT2D eigenvalue weighted by Crippen LogP contribution is 2.26. The Kier molecular flexibility index (Phi) is 6.51. The zero-order valence-corrected chi connectivity index (χ0v) is 17.4. The number of hydrogen-bond donors (Lipinski definition) is 0. The molecule has 1 aliphatic heterocycles. The number of likely N-dealkylation sites (tertiary alicyclic amines) is 1. The van der Waals surface area contributed by atoms with Crippen molar-refractivity contribution >= 4 is 27.6 Å². The van der Waals surface area contributed by atoms with Gasteiger partial charge in [-0.05, 0) is 56.9 Å². The van der Waals surface area contributed by atoms with Crippen molar-refractivity contribution in [2.75, 3.05) is 30.8 Å². The molecule has 1 aromatic carbocycles. The average molecular weight is 397 g/mol. The van der Waals surface area contributed by atoms with Gasteiger partial charge in [0, 0.05) is 13.1 Å². The molecule has 0 bridgehead atoms. The standard InChI is InChI=1S/C19H28N2O5S/c1-13-6-7-17(12-14(13)2)21(27(5,24)25)15(3)18(22)20-10-8-16(9-11-20)19(23)26-4/h6-7,12,15-16H,8-11H2,1-5H3/t15-/m1/s1. The first kappa shape index (κ1) is 21.2. The predicted molar refractivity (Wildman–Crippen MR) is 104 cm³/mol. The third-order valence-electron chi connectivity index (χ3n) is 5.15. The lowest BCUT2D eigenvalue weighted by Gasteiger charge is -2.36. The molecule has 2 rings (SSSR count). The van der Waals surface area contributed by atoms with Crippen molar-refractivity contribution in [2.45, 2.75) is 39.7 Å². The fourth-order valence-electron chi connectivity index (χ4n) is 3.43. The van der Waals surface area contributed by atoms with Gasteiger partial charge in [0.1, 0.15) is 6.04 Å². The number of aryl methyl sites for hydroxylation is 2. The van der Waals surface area contributed by atoms with Crippen LogP contribution >= 0.6 is 0 Å². The molecule has 1 aromatic rings. The SMILES string of the molecule is COC(=O)C1CCN(C(=O)[C@@H](C)N(c2ccc(C)c(C)c2)S(C)(=O)=O)CC1. The number of esters is 1. The van der Waals surface area contributed by atoms with E-state index in [1.54, 1.807) is 24.0 Å². The minimum absolute atomic E-state index is 0.208. The third kappa shape index (κ3) is 4.80. The maximum absolute atomic E-state index is 13.0. The molecular formula is C19H28N2O5S. The summed E-state index contributed by atoms with van der Waals surface area (Å²) in [5.41, 5.74) is 2.49. The van der Waals surface area contributed by atoms with Crippen molar-refractivity contribution in [3.63, 3.8) is 0 Å².